The molecule has 0 aliphatic heterocycles. The van der Waals surface area contributed by atoms with Gasteiger partial charge in [-0.25, -0.2) is 9.18 Å². The highest BCUT2D eigenvalue weighted by Gasteiger charge is 2.12. The lowest BCUT2D eigenvalue weighted by Gasteiger charge is -2.10. The molecule has 0 fully saturated rings. The fourth-order valence-corrected chi connectivity index (χ4v) is 2.24. The average Bonchev–Trinajstić information content (AvgIpc) is 2.47. The van der Waals surface area contributed by atoms with Crippen molar-refractivity contribution in [2.45, 2.75) is 6.54 Å². The second-order valence-corrected chi connectivity index (χ2v) is 5.12. The Balaban J connectivity index is 2.15. The highest BCUT2D eigenvalue weighted by atomic mass is 35.5. The molecule has 0 amide bonds. The van der Waals surface area contributed by atoms with Crippen LogP contribution in [0.2, 0.25) is 10.0 Å². The lowest BCUT2D eigenvalue weighted by molar-refractivity contribution is 0.0595. The molecule has 0 atom stereocenters. The molecular formula is C15H12Cl2FNO2. The van der Waals surface area contributed by atoms with Crippen LogP contribution in [0.4, 0.5) is 10.1 Å². The molecule has 2 rings (SSSR count). The van der Waals surface area contributed by atoms with Crippen molar-refractivity contribution in [3.05, 3.63) is 63.4 Å². The highest BCUT2D eigenvalue weighted by molar-refractivity contribution is 6.35. The maximum absolute atomic E-state index is 13.5. The van der Waals surface area contributed by atoms with Gasteiger partial charge in [-0.1, -0.05) is 29.3 Å². The second-order valence-electron chi connectivity index (χ2n) is 4.28. The van der Waals surface area contributed by atoms with Crippen LogP contribution in [-0.4, -0.2) is 13.1 Å². The smallest absolute Gasteiger partial charge is 0.340 e. The van der Waals surface area contributed by atoms with Crippen molar-refractivity contribution in [1.82, 2.24) is 0 Å². The van der Waals surface area contributed by atoms with Gasteiger partial charge in [-0.05, 0) is 35.9 Å². The molecule has 21 heavy (non-hydrogen) atoms. The first-order valence-corrected chi connectivity index (χ1v) is 6.82. The molecule has 0 aliphatic carbocycles. The Bertz CT molecular complexity index is 677. The minimum Gasteiger partial charge on any atom is -0.465 e. The summed E-state index contributed by atoms with van der Waals surface area (Å²) in [4.78, 5) is 11.4. The summed E-state index contributed by atoms with van der Waals surface area (Å²) in [5.74, 6) is -1.35. The predicted molar refractivity (Wildman–Crippen MR) is 81.5 cm³/mol. The molecule has 0 radical (unpaired) electrons. The van der Waals surface area contributed by atoms with Gasteiger partial charge < -0.3 is 10.1 Å². The Morgan fingerprint density at radius 1 is 1.24 bits per heavy atom. The van der Waals surface area contributed by atoms with Gasteiger partial charge in [0.05, 0.1) is 12.7 Å². The maximum Gasteiger partial charge on any atom is 0.340 e. The predicted octanol–water partition coefficient (Wildman–Crippen LogP) is 4.53. The Morgan fingerprint density at radius 2 is 2.00 bits per heavy atom. The van der Waals surface area contributed by atoms with E-state index in [4.69, 9.17) is 23.2 Å². The minimum absolute atomic E-state index is 0.121. The Labute approximate surface area is 131 Å². The molecule has 0 aliphatic rings. The van der Waals surface area contributed by atoms with Crippen molar-refractivity contribution < 1.29 is 13.9 Å². The van der Waals surface area contributed by atoms with Crippen LogP contribution in [0.5, 0.6) is 0 Å². The zero-order chi connectivity index (χ0) is 15.4. The van der Waals surface area contributed by atoms with Crippen LogP contribution < -0.4 is 5.32 Å². The van der Waals surface area contributed by atoms with Gasteiger partial charge in [0, 0.05) is 22.3 Å². The van der Waals surface area contributed by atoms with Gasteiger partial charge in [0.15, 0.2) is 0 Å². The molecule has 0 aromatic heterocycles. The van der Waals surface area contributed by atoms with E-state index in [2.05, 4.69) is 10.1 Å². The Hall–Kier alpha value is -1.78. The number of anilines is 1. The molecule has 6 heteroatoms. The first-order valence-electron chi connectivity index (χ1n) is 6.07. The van der Waals surface area contributed by atoms with Crippen molar-refractivity contribution in [3.8, 4) is 0 Å². The fraction of sp³-hybridized carbons (Fsp3) is 0.133. The number of ether oxygens (including phenoxy) is 1. The van der Waals surface area contributed by atoms with Gasteiger partial charge in [0.1, 0.15) is 5.82 Å². The largest absolute Gasteiger partial charge is 0.465 e. The summed E-state index contributed by atoms with van der Waals surface area (Å²) in [6.45, 7) is 0.419. The Kier molecular flexibility index (Phi) is 5.04. The van der Waals surface area contributed by atoms with Gasteiger partial charge >= 0.3 is 5.97 Å². The first-order chi connectivity index (χ1) is 10.0. The van der Waals surface area contributed by atoms with Crippen molar-refractivity contribution in [1.29, 1.82) is 0 Å². The van der Waals surface area contributed by atoms with Crippen molar-refractivity contribution in [2.75, 3.05) is 12.4 Å². The number of nitrogens with one attached hydrogen (secondary N) is 1. The van der Waals surface area contributed by atoms with Crippen molar-refractivity contribution in [2.24, 2.45) is 0 Å². The summed E-state index contributed by atoms with van der Waals surface area (Å²) in [6, 6.07) is 9.30. The SMILES string of the molecule is COC(=O)c1cc(NCc2ccc(Cl)cc2Cl)ccc1F. The lowest BCUT2D eigenvalue weighted by atomic mass is 10.1. The van der Waals surface area contributed by atoms with Crippen LogP contribution in [0.15, 0.2) is 36.4 Å². The van der Waals surface area contributed by atoms with Crippen LogP contribution in [0.25, 0.3) is 0 Å². The van der Waals surface area contributed by atoms with Crippen LogP contribution in [0, 0.1) is 5.82 Å². The van der Waals surface area contributed by atoms with Gasteiger partial charge in [0.2, 0.25) is 0 Å². The molecule has 2 aromatic rings. The van der Waals surface area contributed by atoms with E-state index >= 15 is 0 Å². The van der Waals surface area contributed by atoms with Crippen molar-refractivity contribution in [3.63, 3.8) is 0 Å². The molecular weight excluding hydrogens is 316 g/mol. The van der Waals surface area contributed by atoms with Crippen LogP contribution >= 0.6 is 23.2 Å². The van der Waals surface area contributed by atoms with Gasteiger partial charge in [0.25, 0.3) is 0 Å². The summed E-state index contributed by atoms with van der Waals surface area (Å²) in [7, 11) is 1.20. The number of benzene rings is 2. The fourth-order valence-electron chi connectivity index (χ4n) is 1.76. The van der Waals surface area contributed by atoms with Crippen molar-refractivity contribution >= 4 is 34.9 Å². The number of halogens is 3. The molecule has 1 N–H and O–H groups in total. The zero-order valence-electron chi connectivity index (χ0n) is 11.1. The van der Waals surface area contributed by atoms with E-state index < -0.39 is 11.8 Å². The molecule has 0 saturated heterocycles. The molecule has 0 unspecified atom stereocenters. The van der Waals surface area contributed by atoms with E-state index in [0.29, 0.717) is 22.3 Å². The van der Waals surface area contributed by atoms with E-state index in [1.54, 1.807) is 18.2 Å². The summed E-state index contributed by atoms with van der Waals surface area (Å²) >= 11 is 11.9. The summed E-state index contributed by atoms with van der Waals surface area (Å²) < 4.78 is 18.0. The quantitative estimate of drug-likeness (QED) is 0.838. The third-order valence-electron chi connectivity index (χ3n) is 2.87. The zero-order valence-corrected chi connectivity index (χ0v) is 12.6. The number of carbonyl (C=O) groups is 1. The topological polar surface area (TPSA) is 38.3 Å². The number of methoxy groups -OCH3 is 1. The monoisotopic (exact) mass is 327 g/mol. The maximum atomic E-state index is 13.5. The molecule has 0 bridgehead atoms. The Morgan fingerprint density at radius 3 is 2.67 bits per heavy atom. The number of hydrogen-bond acceptors (Lipinski definition) is 3. The normalized spacial score (nSPS) is 10.3. The first kappa shape index (κ1) is 15.6. The van der Waals surface area contributed by atoms with E-state index in [-0.39, 0.29) is 5.56 Å². The number of esters is 1. The van der Waals surface area contributed by atoms with E-state index in [1.165, 1.54) is 25.3 Å². The van der Waals surface area contributed by atoms with E-state index in [0.717, 1.165) is 5.56 Å². The standard InChI is InChI=1S/C15H12Cl2FNO2/c1-21-15(20)12-7-11(4-5-14(12)18)19-8-9-2-3-10(16)6-13(9)17/h2-7,19H,8H2,1H3. The molecule has 3 nitrogen and oxygen atoms in total. The molecule has 0 heterocycles. The third kappa shape index (κ3) is 3.86. The number of rotatable bonds is 4. The summed E-state index contributed by atoms with van der Waals surface area (Å²) in [6.07, 6.45) is 0. The number of hydrogen-bond donors (Lipinski definition) is 1. The molecule has 0 saturated carbocycles. The van der Waals surface area contributed by atoms with Crippen LogP contribution in [0.1, 0.15) is 15.9 Å². The highest BCUT2D eigenvalue weighted by Crippen LogP contribution is 2.22. The van der Waals surface area contributed by atoms with E-state index in [1.807, 2.05) is 0 Å². The molecule has 0 spiro atoms. The van der Waals surface area contributed by atoms with Crippen LogP contribution in [-0.2, 0) is 11.3 Å². The number of carbonyl (C=O) groups excluding carboxylic acids is 1. The minimum atomic E-state index is -0.722. The van der Waals surface area contributed by atoms with Crippen LogP contribution in [0.3, 0.4) is 0 Å². The second kappa shape index (κ2) is 6.78. The molecule has 110 valence electrons. The third-order valence-corrected chi connectivity index (χ3v) is 3.46. The lowest BCUT2D eigenvalue weighted by Crippen LogP contribution is -2.06. The van der Waals surface area contributed by atoms with Gasteiger partial charge in [-0.15, -0.1) is 0 Å². The average molecular weight is 328 g/mol. The molecule has 2 aromatic carbocycles. The van der Waals surface area contributed by atoms with Gasteiger partial charge in [-0.3, -0.25) is 0 Å². The van der Waals surface area contributed by atoms with E-state index in [9.17, 15) is 9.18 Å². The van der Waals surface area contributed by atoms with Gasteiger partial charge in [-0.2, -0.15) is 0 Å². The summed E-state index contributed by atoms with van der Waals surface area (Å²) in [5, 5.41) is 4.15. The summed E-state index contributed by atoms with van der Waals surface area (Å²) in [5.41, 5.74) is 1.30.